The molecule has 0 spiro atoms. The number of carbonyl (C=O) groups excluding carboxylic acids is 1. The quantitative estimate of drug-likeness (QED) is 0.316. The highest BCUT2D eigenvalue weighted by molar-refractivity contribution is 6.03. The summed E-state index contributed by atoms with van der Waals surface area (Å²) in [5.41, 5.74) is 1.58. The van der Waals surface area contributed by atoms with Gasteiger partial charge < -0.3 is 24.2 Å². The largest absolute Gasteiger partial charge is 0.490 e. The second-order valence-corrected chi connectivity index (χ2v) is 9.90. The first-order chi connectivity index (χ1) is 18.9. The zero-order valence-electron chi connectivity index (χ0n) is 21.9. The number of rotatable bonds is 9. The van der Waals surface area contributed by atoms with Gasteiger partial charge in [0, 0.05) is 18.3 Å². The molecule has 0 aliphatic carbocycles. The van der Waals surface area contributed by atoms with Gasteiger partial charge in [-0.15, -0.1) is 0 Å². The van der Waals surface area contributed by atoms with Gasteiger partial charge in [-0.2, -0.15) is 0 Å². The molecule has 1 aliphatic heterocycles. The Hall–Kier alpha value is -4.59. The van der Waals surface area contributed by atoms with Crippen LogP contribution in [0.15, 0.2) is 79.0 Å². The van der Waals surface area contributed by atoms with Crippen LogP contribution in [0.25, 0.3) is 22.0 Å². The molecule has 1 unspecified atom stereocenters. The van der Waals surface area contributed by atoms with Crippen LogP contribution >= 0.6 is 0 Å². The monoisotopic (exact) mass is 526 g/mol. The molecule has 1 amide bonds. The molecule has 0 fully saturated rings. The average Bonchev–Trinajstić information content (AvgIpc) is 3.06. The normalized spacial score (nSPS) is 15.0. The van der Waals surface area contributed by atoms with Crippen LogP contribution < -0.4 is 14.2 Å². The molecule has 4 aromatic rings. The van der Waals surface area contributed by atoms with Gasteiger partial charge in [0.05, 0.1) is 12.2 Å². The van der Waals surface area contributed by atoms with Crippen molar-refractivity contribution in [2.45, 2.75) is 20.0 Å². The van der Waals surface area contributed by atoms with E-state index in [1.165, 1.54) is 0 Å². The van der Waals surface area contributed by atoms with Gasteiger partial charge in [0.2, 0.25) is 0 Å². The van der Waals surface area contributed by atoms with E-state index in [-0.39, 0.29) is 24.5 Å². The van der Waals surface area contributed by atoms with Crippen molar-refractivity contribution in [3.8, 4) is 28.5 Å². The lowest BCUT2D eigenvalue weighted by Gasteiger charge is -2.26. The fraction of sp³-hybridized carbons (Fsp3) is 0.258. The van der Waals surface area contributed by atoms with Crippen molar-refractivity contribution in [2.24, 2.45) is 5.92 Å². The predicted molar refractivity (Wildman–Crippen MR) is 147 cm³/mol. The highest BCUT2D eigenvalue weighted by Crippen LogP contribution is 2.34. The molecule has 8 nitrogen and oxygen atoms in total. The molecule has 8 heteroatoms. The van der Waals surface area contributed by atoms with E-state index in [2.05, 4.69) is 24.9 Å². The third kappa shape index (κ3) is 6.12. The van der Waals surface area contributed by atoms with E-state index in [1.807, 2.05) is 36.4 Å². The molecule has 1 atom stereocenters. The molecule has 0 saturated heterocycles. The maximum absolute atomic E-state index is 13.9. The van der Waals surface area contributed by atoms with Crippen LogP contribution in [0.5, 0.6) is 17.2 Å². The van der Waals surface area contributed by atoms with Gasteiger partial charge in [-0.1, -0.05) is 44.2 Å². The van der Waals surface area contributed by atoms with Gasteiger partial charge in [-0.25, -0.2) is 4.79 Å². The number of hydrogen-bond donors (Lipinski definition) is 1. The first-order valence-corrected chi connectivity index (χ1v) is 12.9. The minimum atomic E-state index is -1.05. The van der Waals surface area contributed by atoms with Gasteiger partial charge in [0.25, 0.3) is 5.91 Å². The summed E-state index contributed by atoms with van der Waals surface area (Å²) in [6, 6.07) is 22.6. The molecular formula is C31H30N2O6. The van der Waals surface area contributed by atoms with Crippen molar-refractivity contribution >= 4 is 22.6 Å². The molecule has 39 heavy (non-hydrogen) atoms. The number of benzene rings is 3. The van der Waals surface area contributed by atoms with E-state index in [0.717, 1.165) is 16.5 Å². The molecule has 200 valence electrons. The summed E-state index contributed by atoms with van der Waals surface area (Å²) in [6.07, 6.45) is 1.23. The van der Waals surface area contributed by atoms with Crippen LogP contribution in [-0.4, -0.2) is 59.3 Å². The van der Waals surface area contributed by atoms with Gasteiger partial charge in [-0.05, 0) is 59.2 Å². The molecule has 0 radical (unpaired) electrons. The van der Waals surface area contributed by atoms with Gasteiger partial charge in [-0.3, -0.25) is 9.78 Å². The Morgan fingerprint density at radius 1 is 1.03 bits per heavy atom. The average molecular weight is 527 g/mol. The van der Waals surface area contributed by atoms with Gasteiger partial charge >= 0.3 is 5.97 Å². The summed E-state index contributed by atoms with van der Waals surface area (Å²) in [7, 11) is 0. The van der Waals surface area contributed by atoms with E-state index in [4.69, 9.17) is 19.3 Å². The minimum Gasteiger partial charge on any atom is -0.490 e. The molecule has 1 N–H and O–H groups in total. The number of carboxylic acid groups (broad SMARTS) is 1. The lowest BCUT2D eigenvalue weighted by Crippen LogP contribution is -2.41. The molecular weight excluding hydrogens is 496 g/mol. The van der Waals surface area contributed by atoms with E-state index in [0.29, 0.717) is 41.4 Å². The van der Waals surface area contributed by atoms with Crippen LogP contribution in [0, 0.1) is 5.92 Å². The number of amides is 1. The topological polar surface area (TPSA) is 98.2 Å². The SMILES string of the molecule is CC(C)CN1CC(COc2ccc3ccccc3c2)Oc2ccnc(-c3ccc(OCC(=O)O)cc3)c2C1=O. The van der Waals surface area contributed by atoms with E-state index < -0.39 is 12.6 Å². The minimum absolute atomic E-state index is 0.152. The number of carbonyl (C=O) groups is 2. The van der Waals surface area contributed by atoms with E-state index >= 15 is 0 Å². The van der Waals surface area contributed by atoms with Crippen LogP contribution in [0.3, 0.4) is 0 Å². The van der Waals surface area contributed by atoms with Crippen molar-refractivity contribution in [1.82, 2.24) is 9.88 Å². The molecule has 0 bridgehead atoms. The molecule has 1 aliphatic rings. The van der Waals surface area contributed by atoms with E-state index in [9.17, 15) is 9.59 Å². The lowest BCUT2D eigenvalue weighted by molar-refractivity contribution is -0.139. The standard InChI is InChI=1S/C31H30N2O6/c1-20(2)16-33-17-26(18-37-25-12-7-21-5-3-4-6-23(21)15-25)39-27-13-14-32-30(29(27)31(33)36)22-8-10-24(11-9-22)38-19-28(34)35/h3-15,20,26H,16-19H2,1-2H3,(H,34,35). The fourth-order valence-electron chi connectivity index (χ4n) is 4.66. The van der Waals surface area contributed by atoms with Crippen LogP contribution in [0.1, 0.15) is 24.2 Å². The van der Waals surface area contributed by atoms with Gasteiger partial charge in [0.1, 0.15) is 29.4 Å². The van der Waals surface area contributed by atoms with Crippen molar-refractivity contribution in [3.05, 3.63) is 84.6 Å². The first kappa shape index (κ1) is 26.0. The number of carboxylic acids is 1. The van der Waals surface area contributed by atoms with Crippen LogP contribution in [-0.2, 0) is 4.79 Å². The van der Waals surface area contributed by atoms with Crippen molar-refractivity contribution in [1.29, 1.82) is 0 Å². The zero-order valence-corrected chi connectivity index (χ0v) is 21.9. The first-order valence-electron chi connectivity index (χ1n) is 12.9. The number of ether oxygens (including phenoxy) is 3. The Balaban J connectivity index is 1.42. The Morgan fingerprint density at radius 2 is 1.77 bits per heavy atom. The number of hydrogen-bond acceptors (Lipinski definition) is 6. The highest BCUT2D eigenvalue weighted by atomic mass is 16.5. The predicted octanol–water partition coefficient (Wildman–Crippen LogP) is 5.30. The molecule has 3 aromatic carbocycles. The summed E-state index contributed by atoms with van der Waals surface area (Å²) in [4.78, 5) is 31.0. The summed E-state index contributed by atoms with van der Waals surface area (Å²) >= 11 is 0. The maximum atomic E-state index is 13.9. The smallest absolute Gasteiger partial charge is 0.341 e. The number of aromatic nitrogens is 1. The Labute approximate surface area is 226 Å². The summed E-state index contributed by atoms with van der Waals surface area (Å²) in [5, 5.41) is 11.1. The number of nitrogens with zero attached hydrogens (tertiary/aromatic N) is 2. The second-order valence-electron chi connectivity index (χ2n) is 9.90. The molecule has 5 rings (SSSR count). The Morgan fingerprint density at radius 3 is 2.51 bits per heavy atom. The zero-order chi connectivity index (χ0) is 27.4. The summed E-state index contributed by atoms with van der Waals surface area (Å²) in [6.45, 7) is 4.91. The van der Waals surface area contributed by atoms with Gasteiger partial charge in [0.15, 0.2) is 12.7 Å². The molecule has 2 heterocycles. The van der Waals surface area contributed by atoms with Crippen molar-refractivity contribution < 1.29 is 28.9 Å². The van der Waals surface area contributed by atoms with E-state index in [1.54, 1.807) is 41.4 Å². The maximum Gasteiger partial charge on any atom is 0.341 e. The molecule has 0 saturated carbocycles. The number of pyridine rings is 1. The van der Waals surface area contributed by atoms with Crippen molar-refractivity contribution in [3.63, 3.8) is 0 Å². The third-order valence-electron chi connectivity index (χ3n) is 6.36. The summed E-state index contributed by atoms with van der Waals surface area (Å²) in [5.74, 6) is 0.655. The second kappa shape index (κ2) is 11.4. The van der Waals surface area contributed by atoms with Crippen LogP contribution in [0.2, 0.25) is 0 Å². The number of aliphatic carboxylic acids is 1. The Bertz CT molecular complexity index is 1480. The molecule has 1 aromatic heterocycles. The lowest BCUT2D eigenvalue weighted by atomic mass is 10.0. The van der Waals surface area contributed by atoms with Crippen LogP contribution in [0.4, 0.5) is 0 Å². The Kier molecular flexibility index (Phi) is 7.63. The fourth-order valence-corrected chi connectivity index (χ4v) is 4.66. The highest BCUT2D eigenvalue weighted by Gasteiger charge is 2.32. The third-order valence-corrected chi connectivity index (χ3v) is 6.36. The summed E-state index contributed by atoms with van der Waals surface area (Å²) < 4.78 is 17.8. The van der Waals surface area contributed by atoms with Crippen molar-refractivity contribution in [2.75, 3.05) is 26.3 Å². The number of fused-ring (bicyclic) bond motifs is 2.